The van der Waals surface area contributed by atoms with E-state index in [0.29, 0.717) is 0 Å². The second-order valence-corrected chi connectivity index (χ2v) is 26.8. The number of hydrogen-bond acceptors (Lipinski definition) is 6. The van der Waals surface area contributed by atoms with E-state index in [2.05, 4.69) is 133 Å². The molecule has 2 nitrogen and oxygen atoms in total. The molecule has 0 saturated carbocycles. The van der Waals surface area contributed by atoms with Gasteiger partial charge in [-0.15, -0.1) is 45.3 Å². The van der Waals surface area contributed by atoms with Gasteiger partial charge in [-0.2, -0.15) is 0 Å². The molecule has 0 saturated heterocycles. The fourth-order valence-corrected chi connectivity index (χ4v) is 15.9. The largest absolute Gasteiger partial charge is 0.452 e. The summed E-state index contributed by atoms with van der Waals surface area (Å²) in [5, 5.41) is 5.29. The Kier molecular flexibility index (Phi) is 7.27. The van der Waals surface area contributed by atoms with Crippen molar-refractivity contribution < 1.29 is 8.83 Å². The molecule has 8 rings (SSSR count). The molecule has 12 heteroatoms. The zero-order valence-corrected chi connectivity index (χ0v) is 35.0. The Morgan fingerprint density at radius 1 is 0.605 bits per heavy atom. The number of hydrogen-bond donors (Lipinski definition) is 0. The van der Waals surface area contributed by atoms with Gasteiger partial charge in [-0.3, -0.25) is 0 Å². The summed E-state index contributed by atoms with van der Waals surface area (Å²) in [6.07, 6.45) is 0. The number of benzene rings is 2. The number of rotatable bonds is 4. The maximum atomic E-state index is 6.63. The van der Waals surface area contributed by atoms with Gasteiger partial charge in [0.2, 0.25) is 0 Å². The van der Waals surface area contributed by atoms with Crippen molar-refractivity contribution in [2.75, 3.05) is 0 Å². The molecule has 0 fully saturated rings. The van der Waals surface area contributed by atoms with Crippen LogP contribution in [-0.4, -0.2) is 16.9 Å². The summed E-state index contributed by atoms with van der Waals surface area (Å²) >= 11 is 22.8. The van der Waals surface area contributed by atoms with Gasteiger partial charge in [-0.1, -0.05) is 55.2 Å². The third kappa shape index (κ3) is 4.52. The molecule has 0 bridgehead atoms. The van der Waals surface area contributed by atoms with Crippen molar-refractivity contribution in [3.8, 4) is 21.3 Å². The molecule has 1 radical (unpaired) electrons. The Balaban J connectivity index is 1.23. The van der Waals surface area contributed by atoms with Crippen LogP contribution < -0.4 is 10.4 Å². The number of furan rings is 2. The molecule has 217 valence electrons. The first kappa shape index (κ1) is 29.8. The van der Waals surface area contributed by atoms with Gasteiger partial charge in [0, 0.05) is 20.2 Å². The number of halogens is 4. The maximum Gasteiger partial charge on any atom is 0.161 e. The first-order chi connectivity index (χ1) is 20.4. The minimum Gasteiger partial charge on any atom is -0.452 e. The second-order valence-electron chi connectivity index (χ2n) is 11.8. The van der Waals surface area contributed by atoms with Crippen LogP contribution in [0.1, 0.15) is 0 Å². The van der Waals surface area contributed by atoms with Crippen molar-refractivity contribution in [3.63, 3.8) is 0 Å². The molecule has 6 aromatic heterocycles. The molecule has 8 aromatic rings. The van der Waals surface area contributed by atoms with E-state index >= 15 is 0 Å². The summed E-state index contributed by atoms with van der Waals surface area (Å²) in [6, 6.07) is 13.7. The summed E-state index contributed by atoms with van der Waals surface area (Å²) in [6.45, 7) is 11.8. The van der Waals surface area contributed by atoms with Crippen molar-refractivity contribution in [2.24, 2.45) is 0 Å². The lowest BCUT2D eigenvalue weighted by molar-refractivity contribution is 0.635. The fourth-order valence-electron chi connectivity index (χ4n) is 5.38. The van der Waals surface area contributed by atoms with Gasteiger partial charge in [0.15, 0.2) is 22.7 Å². The third-order valence-corrected chi connectivity index (χ3v) is 20.8. The topological polar surface area (TPSA) is 26.3 Å². The Bertz CT molecular complexity index is 2430. The van der Waals surface area contributed by atoms with E-state index in [1.807, 2.05) is 11.3 Å². The van der Waals surface area contributed by atoms with Crippen molar-refractivity contribution in [3.05, 3.63) is 54.3 Å². The van der Waals surface area contributed by atoms with Gasteiger partial charge in [0.25, 0.3) is 0 Å². The SMILES string of the molecule is C[Si](C)c1ccc2c(c1)sc1c(Br)c(-c3sc4c(Br)c(-c5oc6c(sc7cc([Si](C)(C)C)ccc76)c5Br)sc4c3Br)oc12. The summed E-state index contributed by atoms with van der Waals surface area (Å²) in [5.41, 5.74) is 1.92. The lowest BCUT2D eigenvalue weighted by Gasteiger charge is -2.16. The maximum absolute atomic E-state index is 6.63. The lowest BCUT2D eigenvalue weighted by Crippen LogP contribution is -2.37. The van der Waals surface area contributed by atoms with Crippen LogP contribution in [0.5, 0.6) is 0 Å². The second kappa shape index (κ2) is 10.5. The molecule has 0 atom stereocenters. The average Bonchev–Trinajstić information content (AvgIpc) is 3.77. The molecular formula is C31H21Br4O2S4Si2. The van der Waals surface area contributed by atoms with Crippen molar-refractivity contribution >= 4 is 186 Å². The normalized spacial score (nSPS) is 13.0. The molecule has 0 unspecified atom stereocenters. The van der Waals surface area contributed by atoms with E-state index in [9.17, 15) is 0 Å². The first-order valence-corrected chi connectivity index (χ1v) is 25.9. The van der Waals surface area contributed by atoms with Crippen molar-refractivity contribution in [1.29, 1.82) is 0 Å². The quantitative estimate of drug-likeness (QED) is 0.164. The third-order valence-electron chi connectivity index (χ3n) is 7.76. The zero-order chi connectivity index (χ0) is 30.1. The number of fused-ring (bicyclic) bond motifs is 7. The van der Waals surface area contributed by atoms with Crippen LogP contribution in [0.15, 0.2) is 63.1 Å². The molecule has 0 aliphatic carbocycles. The highest BCUT2D eigenvalue weighted by Gasteiger charge is 2.29. The average molecular weight is 930 g/mol. The Hall–Kier alpha value is -0.546. The van der Waals surface area contributed by atoms with E-state index < -0.39 is 16.9 Å². The van der Waals surface area contributed by atoms with E-state index in [1.165, 1.54) is 39.9 Å². The standard InChI is InChI=1S/C31H21Br4O2S4Si2/c1-42(2)12-6-8-14-16(10-12)38-26-18(32)24(36-22(14)26)28-20(34)30-31(40-28)21(35)29(41-30)25-19(33)27-23(37-25)15-9-7-13(43(3,4)5)11-17(15)39-27/h6-11H,1-5H3. The predicted octanol–water partition coefficient (Wildman–Crippen LogP) is 13.8. The van der Waals surface area contributed by atoms with Gasteiger partial charge in [-0.05, 0) is 88.0 Å². The highest BCUT2D eigenvalue weighted by atomic mass is 79.9. The van der Waals surface area contributed by atoms with Gasteiger partial charge in [0.1, 0.15) is 0 Å². The fraction of sp³-hybridized carbons (Fsp3) is 0.161. The smallest absolute Gasteiger partial charge is 0.161 e. The van der Waals surface area contributed by atoms with E-state index in [0.717, 1.165) is 59.7 Å². The molecule has 0 aliphatic heterocycles. The lowest BCUT2D eigenvalue weighted by atomic mass is 10.2. The Morgan fingerprint density at radius 3 is 1.58 bits per heavy atom. The van der Waals surface area contributed by atoms with Crippen LogP contribution in [-0.2, 0) is 0 Å². The Morgan fingerprint density at radius 2 is 1.09 bits per heavy atom. The van der Waals surface area contributed by atoms with Gasteiger partial charge < -0.3 is 8.83 Å². The molecule has 0 amide bonds. The molecule has 0 N–H and O–H groups in total. The van der Waals surface area contributed by atoms with Gasteiger partial charge in [-0.25, -0.2) is 0 Å². The van der Waals surface area contributed by atoms with Crippen LogP contribution in [0, 0.1) is 0 Å². The molecule has 0 aliphatic rings. The summed E-state index contributed by atoms with van der Waals surface area (Å²) in [5.74, 6) is 1.75. The zero-order valence-electron chi connectivity index (χ0n) is 23.4. The van der Waals surface area contributed by atoms with E-state index in [-0.39, 0.29) is 0 Å². The van der Waals surface area contributed by atoms with Crippen LogP contribution in [0.2, 0.25) is 32.7 Å². The van der Waals surface area contributed by atoms with E-state index in [1.54, 1.807) is 34.0 Å². The number of thiophene rings is 4. The highest BCUT2D eigenvalue weighted by molar-refractivity contribution is 9.11. The monoisotopic (exact) mass is 925 g/mol. The molecule has 6 heterocycles. The van der Waals surface area contributed by atoms with Gasteiger partial charge >= 0.3 is 0 Å². The van der Waals surface area contributed by atoms with E-state index in [4.69, 9.17) is 8.83 Å². The molecular weight excluding hydrogens is 908 g/mol. The minimum absolute atomic E-state index is 0.499. The van der Waals surface area contributed by atoms with Crippen LogP contribution in [0.4, 0.5) is 0 Å². The molecule has 43 heavy (non-hydrogen) atoms. The van der Waals surface area contributed by atoms with Crippen molar-refractivity contribution in [2.45, 2.75) is 32.7 Å². The summed E-state index contributed by atoms with van der Waals surface area (Å²) < 4.78 is 24.7. The van der Waals surface area contributed by atoms with Crippen LogP contribution in [0.3, 0.4) is 0 Å². The predicted molar refractivity (Wildman–Crippen MR) is 212 cm³/mol. The highest BCUT2D eigenvalue weighted by Crippen LogP contribution is 2.57. The first-order valence-electron chi connectivity index (χ1n) is 13.4. The van der Waals surface area contributed by atoms with Gasteiger partial charge in [0.05, 0.1) is 63.3 Å². The summed E-state index contributed by atoms with van der Waals surface area (Å²) in [7, 11) is -1.89. The van der Waals surface area contributed by atoms with Crippen LogP contribution in [0.25, 0.3) is 71.4 Å². The molecule has 2 aromatic carbocycles. The van der Waals surface area contributed by atoms with Crippen LogP contribution >= 0.6 is 109 Å². The Labute approximate surface area is 300 Å². The summed E-state index contributed by atoms with van der Waals surface area (Å²) in [4.78, 5) is 2.18. The minimum atomic E-state index is -1.39. The van der Waals surface area contributed by atoms with Crippen molar-refractivity contribution in [1.82, 2.24) is 0 Å². The molecule has 0 spiro atoms.